The van der Waals surface area contributed by atoms with Gasteiger partial charge in [0.2, 0.25) is 5.54 Å². The molecule has 41 valence electrons. The fourth-order valence-electron chi connectivity index (χ4n) is 0. The molecule has 0 aliphatic rings. The summed E-state index contributed by atoms with van der Waals surface area (Å²) in [4.78, 5) is 3.27. The Labute approximate surface area is 58.3 Å². The van der Waals surface area contributed by atoms with Gasteiger partial charge in [0, 0.05) is 40.9 Å². The van der Waals surface area contributed by atoms with Crippen LogP contribution in [0.15, 0.2) is 0 Å². The molecule has 0 aromatic carbocycles. The van der Waals surface area contributed by atoms with E-state index < -0.39 is 0 Å². The Bertz CT molecular complexity index is 75.1. The first kappa shape index (κ1) is 10.2. The zero-order valence-corrected chi connectivity index (χ0v) is 6.68. The minimum Gasteiger partial charge on any atom is -0.311 e. The summed E-state index contributed by atoms with van der Waals surface area (Å²) in [6, 6.07) is 0. The van der Waals surface area contributed by atoms with Gasteiger partial charge in [-0.1, -0.05) is 0 Å². The van der Waals surface area contributed by atoms with Crippen LogP contribution in [0.2, 0.25) is 0 Å². The van der Waals surface area contributed by atoms with Crippen molar-refractivity contribution in [1.29, 1.82) is 0 Å². The zero-order valence-electron chi connectivity index (χ0n) is 4.83. The third-order valence-corrected chi connectivity index (χ3v) is 0.335. The van der Waals surface area contributed by atoms with Crippen molar-refractivity contribution in [3.63, 3.8) is 0 Å². The third kappa shape index (κ3) is 10.7. The molecule has 1 radical (unpaired) electrons. The van der Waals surface area contributed by atoms with E-state index in [0.717, 1.165) is 0 Å². The molecule has 0 aliphatic carbocycles. The first-order valence-electron chi connectivity index (χ1n) is 1.95. The van der Waals surface area contributed by atoms with E-state index in [2.05, 4.69) is 4.85 Å². The predicted octanol–water partition coefficient (Wildman–Crippen LogP) is 1.70. The maximum atomic E-state index is 6.48. The molecular formula is C5H9NTc. The molecule has 0 amide bonds. The topological polar surface area (TPSA) is 4.36 Å². The van der Waals surface area contributed by atoms with Crippen molar-refractivity contribution in [3.05, 3.63) is 11.4 Å². The van der Waals surface area contributed by atoms with Crippen molar-refractivity contribution in [3.8, 4) is 0 Å². The molecule has 2 heteroatoms. The molecule has 0 aromatic rings. The van der Waals surface area contributed by atoms with E-state index in [4.69, 9.17) is 6.57 Å². The fourth-order valence-corrected chi connectivity index (χ4v) is 0. The van der Waals surface area contributed by atoms with Crippen LogP contribution in [0.3, 0.4) is 0 Å². The Hall–Kier alpha value is 0.139. The smallest absolute Gasteiger partial charge is 0.224 e. The first-order chi connectivity index (χ1) is 2.56. The summed E-state index contributed by atoms with van der Waals surface area (Å²) in [6.07, 6.45) is 0. The van der Waals surface area contributed by atoms with E-state index in [1.54, 1.807) is 0 Å². The molecule has 0 bridgehead atoms. The van der Waals surface area contributed by atoms with Gasteiger partial charge in [-0.2, -0.15) is 0 Å². The maximum absolute atomic E-state index is 6.48. The Morgan fingerprint density at radius 1 is 1.29 bits per heavy atom. The summed E-state index contributed by atoms with van der Waals surface area (Å²) in [5.74, 6) is 0. The summed E-state index contributed by atoms with van der Waals surface area (Å²) in [5, 5.41) is 0. The molecule has 7 heavy (non-hydrogen) atoms. The molecule has 0 fully saturated rings. The Kier molecular flexibility index (Phi) is 4.63. The average molecular weight is 182 g/mol. The van der Waals surface area contributed by atoms with Gasteiger partial charge in [0.15, 0.2) is 0 Å². The standard InChI is InChI=1S/C5H9N.Tc/c1-5(2,3)6-4;/h1-3H3;/i;1+1. The summed E-state index contributed by atoms with van der Waals surface area (Å²) in [7, 11) is 0. The SMILES string of the molecule is [99Tc].[C-]#[N+]C(C)(C)C. The molecule has 0 saturated heterocycles. The van der Waals surface area contributed by atoms with Crippen LogP contribution in [0.5, 0.6) is 0 Å². The first-order valence-corrected chi connectivity index (χ1v) is 1.95. The molecule has 0 spiro atoms. The van der Waals surface area contributed by atoms with E-state index in [9.17, 15) is 0 Å². The Morgan fingerprint density at radius 3 is 1.43 bits per heavy atom. The van der Waals surface area contributed by atoms with Gasteiger partial charge in [-0.25, -0.2) is 6.57 Å². The normalized spacial score (nSPS) is 8.86. The van der Waals surface area contributed by atoms with Crippen LogP contribution in [-0.4, -0.2) is 5.54 Å². The summed E-state index contributed by atoms with van der Waals surface area (Å²) in [5.41, 5.74) is -0.167. The number of hydrogen-bond donors (Lipinski definition) is 0. The van der Waals surface area contributed by atoms with Gasteiger partial charge >= 0.3 is 0 Å². The van der Waals surface area contributed by atoms with Gasteiger partial charge in [0.1, 0.15) is 0 Å². The van der Waals surface area contributed by atoms with Gasteiger partial charge in [0.25, 0.3) is 0 Å². The Morgan fingerprint density at radius 2 is 1.43 bits per heavy atom. The van der Waals surface area contributed by atoms with Crippen LogP contribution in [-0.2, 0) is 20.1 Å². The largest absolute Gasteiger partial charge is 0.311 e. The van der Waals surface area contributed by atoms with Crippen LogP contribution < -0.4 is 0 Å². The van der Waals surface area contributed by atoms with Gasteiger partial charge in [-0.15, -0.1) is 0 Å². The quantitative estimate of drug-likeness (QED) is 0.502. The van der Waals surface area contributed by atoms with E-state index >= 15 is 0 Å². The number of hydrogen-bond acceptors (Lipinski definition) is 0. The summed E-state index contributed by atoms with van der Waals surface area (Å²) >= 11 is 0. The molecule has 1 nitrogen and oxygen atoms in total. The van der Waals surface area contributed by atoms with E-state index in [0.29, 0.717) is 0 Å². The summed E-state index contributed by atoms with van der Waals surface area (Å²) in [6.45, 7) is 12.1. The minimum absolute atomic E-state index is 0. The van der Waals surface area contributed by atoms with Crippen molar-refractivity contribution in [2.24, 2.45) is 0 Å². The molecule has 0 aliphatic heterocycles. The van der Waals surface area contributed by atoms with Crippen molar-refractivity contribution in [2.75, 3.05) is 0 Å². The second-order valence-electron chi connectivity index (χ2n) is 2.28. The second kappa shape index (κ2) is 3.18. The Balaban J connectivity index is 0. The van der Waals surface area contributed by atoms with Crippen molar-refractivity contribution < 1.29 is 20.1 Å². The average Bonchev–Trinajstić information content (AvgIpc) is 1.35. The van der Waals surface area contributed by atoms with Gasteiger partial charge in [-0.3, -0.25) is 0 Å². The molecule has 0 unspecified atom stereocenters. The van der Waals surface area contributed by atoms with Crippen LogP contribution in [0, 0.1) is 6.57 Å². The molecule has 0 aromatic heterocycles. The van der Waals surface area contributed by atoms with E-state index in [1.165, 1.54) is 0 Å². The molecule has 0 heterocycles. The van der Waals surface area contributed by atoms with Gasteiger partial charge in [0.05, 0.1) is 0 Å². The number of nitrogens with zero attached hydrogens (tertiary/aromatic N) is 1. The maximum Gasteiger partial charge on any atom is 0.224 e. The van der Waals surface area contributed by atoms with Crippen LogP contribution in [0.1, 0.15) is 20.8 Å². The minimum atomic E-state index is -0.167. The monoisotopic (exact) mass is 182 g/mol. The molecule has 0 saturated carbocycles. The van der Waals surface area contributed by atoms with Crippen LogP contribution in [0.4, 0.5) is 0 Å². The third-order valence-electron chi connectivity index (χ3n) is 0.335. The van der Waals surface area contributed by atoms with Crippen molar-refractivity contribution >= 4 is 0 Å². The van der Waals surface area contributed by atoms with Gasteiger partial charge < -0.3 is 4.85 Å². The fraction of sp³-hybridized carbons (Fsp3) is 0.800. The van der Waals surface area contributed by atoms with Crippen molar-refractivity contribution in [2.45, 2.75) is 26.3 Å². The van der Waals surface area contributed by atoms with Gasteiger partial charge in [-0.05, 0) is 0 Å². The zero-order chi connectivity index (χ0) is 5.21. The second-order valence-corrected chi connectivity index (χ2v) is 2.28. The van der Waals surface area contributed by atoms with Crippen LogP contribution >= 0.6 is 0 Å². The van der Waals surface area contributed by atoms with Crippen molar-refractivity contribution in [1.82, 2.24) is 0 Å². The molecule has 0 N–H and O–H groups in total. The molecule has 0 rings (SSSR count). The number of rotatable bonds is 0. The van der Waals surface area contributed by atoms with E-state index in [1.807, 2.05) is 20.8 Å². The molecular weight excluding hydrogens is 173 g/mol. The van der Waals surface area contributed by atoms with Crippen LogP contribution in [0.25, 0.3) is 4.85 Å². The van der Waals surface area contributed by atoms with E-state index in [-0.39, 0.29) is 25.6 Å². The summed E-state index contributed by atoms with van der Waals surface area (Å²) < 4.78 is 0. The predicted molar refractivity (Wildman–Crippen MR) is 26.4 cm³/mol. The molecule has 0 atom stereocenters.